The highest BCUT2D eigenvalue weighted by atomic mass is 16.6. The molecule has 0 saturated carbocycles. The van der Waals surface area contributed by atoms with Crippen LogP contribution in [0.15, 0.2) is 18.2 Å². The third-order valence-electron chi connectivity index (χ3n) is 2.52. The summed E-state index contributed by atoms with van der Waals surface area (Å²) in [6.07, 6.45) is 1.87. The summed E-state index contributed by atoms with van der Waals surface area (Å²) in [6.45, 7) is 5.55. The third kappa shape index (κ3) is 2.54. The highest BCUT2D eigenvalue weighted by molar-refractivity contribution is 5.85. The molecule has 0 spiro atoms. The fraction of sp³-hybridized carbons (Fsp3) is 0.462. The van der Waals surface area contributed by atoms with Crippen LogP contribution >= 0.6 is 0 Å². The Morgan fingerprint density at radius 2 is 1.94 bits per heavy atom. The van der Waals surface area contributed by atoms with E-state index in [2.05, 4.69) is 11.4 Å². The number of nitrogens with one attached hydrogen (secondary N) is 1. The zero-order valence-electron chi connectivity index (χ0n) is 9.96. The molecule has 1 aliphatic carbocycles. The first kappa shape index (κ1) is 11.0. The van der Waals surface area contributed by atoms with Crippen molar-refractivity contribution >= 4 is 11.8 Å². The maximum Gasteiger partial charge on any atom is 0.412 e. The number of carbonyl (C=O) groups is 1. The van der Waals surface area contributed by atoms with E-state index in [-0.39, 0.29) is 0 Å². The summed E-state index contributed by atoms with van der Waals surface area (Å²) in [5.41, 5.74) is 3.07. The molecule has 86 valence electrons. The van der Waals surface area contributed by atoms with Gasteiger partial charge in [-0.1, -0.05) is 6.07 Å². The summed E-state index contributed by atoms with van der Waals surface area (Å²) in [6, 6.07) is 6.00. The maximum absolute atomic E-state index is 11.5. The Kier molecular flexibility index (Phi) is 2.62. The van der Waals surface area contributed by atoms with Crippen LogP contribution in [0.25, 0.3) is 0 Å². The average molecular weight is 219 g/mol. The molecule has 0 aromatic heterocycles. The Labute approximate surface area is 95.8 Å². The van der Waals surface area contributed by atoms with Gasteiger partial charge < -0.3 is 4.74 Å². The van der Waals surface area contributed by atoms with E-state index < -0.39 is 11.7 Å². The number of ether oxygens (including phenoxy) is 1. The SMILES string of the molecule is CC(C)(C)OC(=O)Nc1ccc2c(c1)CC2. The molecule has 1 aromatic rings. The number of aryl methyl sites for hydroxylation is 2. The molecular weight excluding hydrogens is 202 g/mol. The van der Waals surface area contributed by atoms with Gasteiger partial charge in [0.2, 0.25) is 0 Å². The van der Waals surface area contributed by atoms with Crippen LogP contribution in [-0.2, 0) is 17.6 Å². The Bertz CT molecular complexity index is 418. The molecule has 0 unspecified atom stereocenters. The number of hydrogen-bond acceptors (Lipinski definition) is 2. The van der Waals surface area contributed by atoms with Crippen molar-refractivity contribution in [2.75, 3.05) is 5.32 Å². The monoisotopic (exact) mass is 219 g/mol. The lowest BCUT2D eigenvalue weighted by Crippen LogP contribution is -2.27. The summed E-state index contributed by atoms with van der Waals surface area (Å²) in [5, 5.41) is 2.74. The van der Waals surface area contributed by atoms with Gasteiger partial charge >= 0.3 is 6.09 Å². The van der Waals surface area contributed by atoms with Crippen molar-refractivity contribution in [3.05, 3.63) is 29.3 Å². The van der Waals surface area contributed by atoms with Crippen LogP contribution < -0.4 is 5.32 Å². The van der Waals surface area contributed by atoms with Crippen LogP contribution in [0.5, 0.6) is 0 Å². The molecule has 2 rings (SSSR count). The molecule has 3 nitrogen and oxygen atoms in total. The minimum absolute atomic E-state index is 0.397. The molecule has 0 bridgehead atoms. The number of fused-ring (bicyclic) bond motifs is 1. The van der Waals surface area contributed by atoms with Crippen molar-refractivity contribution in [2.24, 2.45) is 0 Å². The van der Waals surface area contributed by atoms with Gasteiger partial charge in [0.1, 0.15) is 5.60 Å². The van der Waals surface area contributed by atoms with Gasteiger partial charge in [0.05, 0.1) is 0 Å². The standard InChI is InChI=1S/C13H17NO2/c1-13(2,3)16-12(15)14-11-7-6-9-4-5-10(9)8-11/h6-8H,4-5H2,1-3H3,(H,14,15). The molecule has 0 fully saturated rings. The molecule has 0 heterocycles. The first-order valence-electron chi connectivity index (χ1n) is 5.56. The Balaban J connectivity index is 1.98. The molecule has 0 radical (unpaired) electrons. The fourth-order valence-electron chi connectivity index (χ4n) is 1.69. The maximum atomic E-state index is 11.5. The quantitative estimate of drug-likeness (QED) is 0.788. The van der Waals surface area contributed by atoms with Gasteiger partial charge in [-0.15, -0.1) is 0 Å². The van der Waals surface area contributed by atoms with Crippen molar-refractivity contribution < 1.29 is 9.53 Å². The Morgan fingerprint density at radius 1 is 1.25 bits per heavy atom. The van der Waals surface area contributed by atoms with E-state index in [0.717, 1.165) is 18.5 Å². The minimum atomic E-state index is -0.454. The lowest BCUT2D eigenvalue weighted by Gasteiger charge is -2.22. The largest absolute Gasteiger partial charge is 0.444 e. The molecule has 0 aliphatic heterocycles. The number of amides is 1. The van der Waals surface area contributed by atoms with Gasteiger partial charge in [-0.25, -0.2) is 4.79 Å². The lowest BCUT2D eigenvalue weighted by atomic mass is 9.88. The molecule has 3 heteroatoms. The van der Waals surface area contributed by atoms with E-state index in [4.69, 9.17) is 4.74 Å². The van der Waals surface area contributed by atoms with E-state index in [1.54, 1.807) is 0 Å². The number of rotatable bonds is 1. The summed E-state index contributed by atoms with van der Waals surface area (Å²) in [4.78, 5) is 11.5. The zero-order chi connectivity index (χ0) is 11.8. The molecule has 1 amide bonds. The average Bonchev–Trinajstić information content (AvgIpc) is 2.06. The van der Waals surface area contributed by atoms with Crippen LogP contribution in [0.3, 0.4) is 0 Å². The predicted octanol–water partition coefficient (Wildman–Crippen LogP) is 3.13. The molecular formula is C13H17NO2. The van der Waals surface area contributed by atoms with Crippen LogP contribution in [0.4, 0.5) is 10.5 Å². The van der Waals surface area contributed by atoms with Crippen LogP contribution in [0.1, 0.15) is 31.9 Å². The van der Waals surface area contributed by atoms with E-state index in [1.165, 1.54) is 11.1 Å². The second kappa shape index (κ2) is 3.81. The molecule has 1 N–H and O–H groups in total. The number of anilines is 1. The summed E-state index contributed by atoms with van der Waals surface area (Å²) < 4.78 is 5.18. The number of carbonyl (C=O) groups excluding carboxylic acids is 1. The Morgan fingerprint density at radius 3 is 2.44 bits per heavy atom. The van der Waals surface area contributed by atoms with Crippen molar-refractivity contribution in [3.63, 3.8) is 0 Å². The van der Waals surface area contributed by atoms with Gasteiger partial charge in [-0.2, -0.15) is 0 Å². The predicted molar refractivity (Wildman–Crippen MR) is 63.7 cm³/mol. The fourth-order valence-corrected chi connectivity index (χ4v) is 1.69. The van der Waals surface area contributed by atoms with Gasteiger partial charge in [0.25, 0.3) is 0 Å². The minimum Gasteiger partial charge on any atom is -0.444 e. The number of benzene rings is 1. The summed E-state index contributed by atoms with van der Waals surface area (Å²) >= 11 is 0. The van der Waals surface area contributed by atoms with Gasteiger partial charge in [0, 0.05) is 5.69 Å². The topological polar surface area (TPSA) is 38.3 Å². The van der Waals surface area contributed by atoms with E-state index in [9.17, 15) is 4.79 Å². The molecule has 0 saturated heterocycles. The van der Waals surface area contributed by atoms with Crippen molar-refractivity contribution in [3.8, 4) is 0 Å². The first-order chi connectivity index (χ1) is 7.44. The highest BCUT2D eigenvalue weighted by Crippen LogP contribution is 2.26. The molecule has 0 atom stereocenters. The lowest BCUT2D eigenvalue weighted by molar-refractivity contribution is 0.0636. The van der Waals surface area contributed by atoms with Crippen LogP contribution in [0, 0.1) is 0 Å². The third-order valence-corrected chi connectivity index (χ3v) is 2.52. The second-order valence-electron chi connectivity index (χ2n) is 5.11. The van der Waals surface area contributed by atoms with Gasteiger partial charge in [-0.3, -0.25) is 5.32 Å². The van der Waals surface area contributed by atoms with Crippen molar-refractivity contribution in [1.82, 2.24) is 0 Å². The van der Waals surface area contributed by atoms with Crippen molar-refractivity contribution in [2.45, 2.75) is 39.2 Å². The normalized spacial score (nSPS) is 13.7. The van der Waals surface area contributed by atoms with E-state index in [0.29, 0.717) is 0 Å². The molecule has 1 aromatic carbocycles. The van der Waals surface area contributed by atoms with Crippen molar-refractivity contribution in [1.29, 1.82) is 0 Å². The molecule has 1 aliphatic rings. The second-order valence-corrected chi connectivity index (χ2v) is 5.11. The van der Waals surface area contributed by atoms with E-state index >= 15 is 0 Å². The number of hydrogen-bond donors (Lipinski definition) is 1. The van der Waals surface area contributed by atoms with Crippen LogP contribution in [0.2, 0.25) is 0 Å². The smallest absolute Gasteiger partial charge is 0.412 e. The van der Waals surface area contributed by atoms with Gasteiger partial charge in [-0.05, 0) is 56.9 Å². The Hall–Kier alpha value is -1.51. The summed E-state index contributed by atoms with van der Waals surface area (Å²) in [7, 11) is 0. The highest BCUT2D eigenvalue weighted by Gasteiger charge is 2.17. The van der Waals surface area contributed by atoms with Crippen LogP contribution in [-0.4, -0.2) is 11.7 Å². The molecule has 16 heavy (non-hydrogen) atoms. The van der Waals surface area contributed by atoms with E-state index in [1.807, 2.05) is 32.9 Å². The van der Waals surface area contributed by atoms with Gasteiger partial charge in [0.15, 0.2) is 0 Å². The first-order valence-corrected chi connectivity index (χ1v) is 5.56. The zero-order valence-corrected chi connectivity index (χ0v) is 9.96. The summed E-state index contributed by atoms with van der Waals surface area (Å²) in [5.74, 6) is 0.